The van der Waals surface area contributed by atoms with Gasteiger partial charge in [0.25, 0.3) is 0 Å². The van der Waals surface area contributed by atoms with Crippen molar-refractivity contribution in [2.75, 3.05) is 13.2 Å². The summed E-state index contributed by atoms with van der Waals surface area (Å²) in [6.45, 7) is -0.350. The Labute approximate surface area is 190 Å². The Hall–Kier alpha value is -3.71. The minimum Gasteiger partial charge on any atom is -0.440 e. The molecular weight excluding hydrogens is 462 g/mol. The summed E-state index contributed by atoms with van der Waals surface area (Å²) in [4.78, 5) is 0. The average Bonchev–Trinajstić information content (AvgIpc) is 2.78. The minimum absolute atomic E-state index is 0.00158. The van der Waals surface area contributed by atoms with Gasteiger partial charge in [-0.05, 0) is 29.3 Å². The van der Waals surface area contributed by atoms with Crippen LogP contribution in [-0.2, 0) is 21.8 Å². The Balaban J connectivity index is 1.91. The number of hydrogen-bond acceptors (Lipinski definition) is 4. The fraction of sp³-hybridized carbons (Fsp3) is 0.208. The Morgan fingerprint density at radius 2 is 1.53 bits per heavy atom. The van der Waals surface area contributed by atoms with Gasteiger partial charge < -0.3 is 15.2 Å². The van der Waals surface area contributed by atoms with E-state index in [1.54, 1.807) is 0 Å². The van der Waals surface area contributed by atoms with Gasteiger partial charge in [-0.2, -0.15) is 31.6 Å². The van der Waals surface area contributed by atoms with E-state index in [0.717, 1.165) is 12.1 Å². The summed E-state index contributed by atoms with van der Waals surface area (Å²) in [7, 11) is 0. The number of rotatable bonds is 2. The van der Waals surface area contributed by atoms with E-state index in [1.165, 1.54) is 42.5 Å². The lowest BCUT2D eigenvalue weighted by atomic mass is 9.79. The van der Waals surface area contributed by atoms with Gasteiger partial charge in [0.05, 0.1) is 30.3 Å². The Bertz CT molecular complexity index is 1270. The van der Waals surface area contributed by atoms with Crippen molar-refractivity contribution in [3.63, 3.8) is 0 Å². The second kappa shape index (κ2) is 8.57. The molecule has 0 saturated heterocycles. The molecule has 2 aromatic carbocycles. The number of nitriles is 1. The quantitative estimate of drug-likeness (QED) is 0.546. The van der Waals surface area contributed by atoms with Gasteiger partial charge in [-0.1, -0.05) is 36.4 Å². The smallest absolute Gasteiger partial charge is 0.416 e. The standard InChI is InChI=1S/C24H16F6N2O2/c25-23(26,27)18-7-3-1-5-13(18)9-14-11-33-12-17-20(16(10-31)22(32)34-21(14)17)15-6-2-4-8-19(15)24(28,29)30/h1-9,20H,11-12,32H2/b14-9-/t20-/m0/s1. The highest BCUT2D eigenvalue weighted by Crippen LogP contribution is 2.47. The van der Waals surface area contributed by atoms with Crippen LogP contribution in [0.4, 0.5) is 26.3 Å². The zero-order valence-corrected chi connectivity index (χ0v) is 17.3. The number of halogens is 6. The molecule has 2 heterocycles. The number of hydrogen-bond donors (Lipinski definition) is 1. The predicted molar refractivity (Wildman–Crippen MR) is 109 cm³/mol. The van der Waals surface area contributed by atoms with E-state index in [4.69, 9.17) is 15.2 Å². The topological polar surface area (TPSA) is 68.3 Å². The maximum Gasteiger partial charge on any atom is 0.416 e. The van der Waals surface area contributed by atoms with Gasteiger partial charge >= 0.3 is 12.4 Å². The van der Waals surface area contributed by atoms with Gasteiger partial charge in [-0.25, -0.2) is 0 Å². The van der Waals surface area contributed by atoms with E-state index in [2.05, 4.69) is 0 Å². The minimum atomic E-state index is -4.72. The molecule has 0 aromatic heterocycles. The lowest BCUT2D eigenvalue weighted by Crippen LogP contribution is -2.29. The van der Waals surface area contributed by atoms with E-state index in [-0.39, 0.29) is 46.8 Å². The summed E-state index contributed by atoms with van der Waals surface area (Å²) >= 11 is 0. The first-order valence-corrected chi connectivity index (χ1v) is 9.94. The molecule has 10 heteroatoms. The third-order valence-corrected chi connectivity index (χ3v) is 5.51. The lowest BCUT2D eigenvalue weighted by molar-refractivity contribution is -0.138. The van der Waals surface area contributed by atoms with Crippen molar-refractivity contribution in [2.45, 2.75) is 18.3 Å². The van der Waals surface area contributed by atoms with E-state index >= 15 is 0 Å². The first kappa shape index (κ1) is 23.4. The molecule has 0 bridgehead atoms. The molecule has 2 aliphatic rings. The van der Waals surface area contributed by atoms with Gasteiger partial charge in [0.1, 0.15) is 17.4 Å². The van der Waals surface area contributed by atoms with Crippen LogP contribution >= 0.6 is 0 Å². The van der Waals surface area contributed by atoms with Crippen LogP contribution < -0.4 is 5.73 Å². The highest BCUT2D eigenvalue weighted by Gasteiger charge is 2.42. The molecule has 1 atom stereocenters. The van der Waals surface area contributed by atoms with Crippen LogP contribution in [0.3, 0.4) is 0 Å². The maximum atomic E-state index is 13.7. The van der Waals surface area contributed by atoms with Gasteiger partial charge in [0, 0.05) is 11.1 Å². The summed E-state index contributed by atoms with van der Waals surface area (Å²) < 4.78 is 92.7. The number of ether oxygens (including phenoxy) is 2. The second-order valence-corrected chi connectivity index (χ2v) is 7.61. The summed E-state index contributed by atoms with van der Waals surface area (Å²) in [5, 5.41) is 9.65. The zero-order valence-electron chi connectivity index (χ0n) is 17.3. The van der Waals surface area contributed by atoms with Crippen LogP contribution in [0.1, 0.15) is 28.2 Å². The third kappa shape index (κ3) is 4.26. The molecule has 0 fully saturated rings. The number of allylic oxidation sites excluding steroid dienone is 1. The largest absolute Gasteiger partial charge is 0.440 e. The van der Waals surface area contributed by atoms with Gasteiger partial charge in [-0.3, -0.25) is 0 Å². The number of nitrogens with zero attached hydrogens (tertiary/aromatic N) is 1. The first-order valence-electron chi connectivity index (χ1n) is 9.94. The number of benzene rings is 2. The average molecular weight is 478 g/mol. The van der Waals surface area contributed by atoms with Crippen LogP contribution in [0.5, 0.6) is 0 Å². The van der Waals surface area contributed by atoms with Gasteiger partial charge in [0.15, 0.2) is 0 Å². The van der Waals surface area contributed by atoms with Gasteiger partial charge in [-0.15, -0.1) is 0 Å². The van der Waals surface area contributed by atoms with Crippen LogP contribution in [0.2, 0.25) is 0 Å². The second-order valence-electron chi connectivity index (χ2n) is 7.61. The lowest BCUT2D eigenvalue weighted by Gasteiger charge is -2.34. The van der Waals surface area contributed by atoms with E-state index in [9.17, 15) is 31.6 Å². The van der Waals surface area contributed by atoms with Crippen molar-refractivity contribution in [1.29, 1.82) is 5.26 Å². The summed E-state index contributed by atoms with van der Waals surface area (Å²) in [6, 6.07) is 11.4. The Morgan fingerprint density at radius 1 is 0.912 bits per heavy atom. The molecule has 2 N–H and O–H groups in total. The molecule has 0 radical (unpaired) electrons. The van der Waals surface area contributed by atoms with E-state index < -0.39 is 35.3 Å². The summed E-state index contributed by atoms with van der Waals surface area (Å²) in [5.41, 5.74) is 3.73. The van der Waals surface area contributed by atoms with Crippen LogP contribution in [0.25, 0.3) is 6.08 Å². The molecule has 176 valence electrons. The van der Waals surface area contributed by atoms with Crippen molar-refractivity contribution < 1.29 is 35.8 Å². The fourth-order valence-electron chi connectivity index (χ4n) is 4.08. The first-order chi connectivity index (χ1) is 16.0. The van der Waals surface area contributed by atoms with Crippen molar-refractivity contribution in [3.05, 3.63) is 99.1 Å². The monoisotopic (exact) mass is 478 g/mol. The predicted octanol–water partition coefficient (Wildman–Crippen LogP) is 5.90. The number of nitrogens with two attached hydrogens (primary N) is 1. The molecule has 34 heavy (non-hydrogen) atoms. The highest BCUT2D eigenvalue weighted by atomic mass is 19.4. The van der Waals surface area contributed by atoms with E-state index in [1.807, 2.05) is 6.07 Å². The van der Waals surface area contributed by atoms with Gasteiger partial charge in [0.2, 0.25) is 5.88 Å². The molecule has 4 rings (SSSR count). The zero-order chi connectivity index (χ0) is 24.7. The summed E-state index contributed by atoms with van der Waals surface area (Å²) in [5.74, 6) is -1.66. The molecule has 0 spiro atoms. The maximum absolute atomic E-state index is 13.7. The van der Waals surface area contributed by atoms with Crippen molar-refractivity contribution in [3.8, 4) is 6.07 Å². The SMILES string of the molecule is N#CC1=C(N)OC2=C(COC/C2=C/c2ccccc2C(F)(F)F)[C@H]1c1ccccc1C(F)(F)F. The van der Waals surface area contributed by atoms with Crippen LogP contribution in [0.15, 0.2) is 76.9 Å². The third-order valence-electron chi connectivity index (χ3n) is 5.51. The summed E-state index contributed by atoms with van der Waals surface area (Å²) in [6.07, 6.45) is -8.14. The Kier molecular flexibility index (Phi) is 5.91. The van der Waals surface area contributed by atoms with Crippen LogP contribution in [0, 0.1) is 11.3 Å². The molecule has 2 aromatic rings. The molecule has 0 aliphatic carbocycles. The molecule has 0 saturated carbocycles. The normalized spacial score (nSPS) is 20.1. The number of alkyl halides is 6. The van der Waals surface area contributed by atoms with E-state index in [0.29, 0.717) is 0 Å². The fourth-order valence-corrected chi connectivity index (χ4v) is 4.08. The highest BCUT2D eigenvalue weighted by molar-refractivity contribution is 5.65. The molecule has 2 aliphatic heterocycles. The van der Waals surface area contributed by atoms with Crippen LogP contribution in [-0.4, -0.2) is 13.2 Å². The molecule has 0 amide bonds. The molecular formula is C24H16F6N2O2. The van der Waals surface area contributed by atoms with Crippen molar-refractivity contribution in [2.24, 2.45) is 5.73 Å². The van der Waals surface area contributed by atoms with Crippen molar-refractivity contribution >= 4 is 6.08 Å². The molecule has 4 nitrogen and oxygen atoms in total. The molecule has 0 unspecified atom stereocenters. The Morgan fingerprint density at radius 3 is 2.18 bits per heavy atom. The van der Waals surface area contributed by atoms with Crippen molar-refractivity contribution in [1.82, 2.24) is 0 Å².